The first-order valence-corrected chi connectivity index (χ1v) is 6.36. The van der Waals surface area contributed by atoms with Gasteiger partial charge in [0.25, 0.3) is 5.91 Å². The van der Waals surface area contributed by atoms with Gasteiger partial charge in [0.1, 0.15) is 5.76 Å². The number of carbonyl (C=O) groups is 1. The molecule has 4 heteroatoms. The first kappa shape index (κ1) is 13.2. The minimum absolute atomic E-state index is 0.0387. The van der Waals surface area contributed by atoms with E-state index in [-0.39, 0.29) is 5.91 Å². The molecule has 0 saturated carbocycles. The summed E-state index contributed by atoms with van der Waals surface area (Å²) in [6.45, 7) is 5.15. The van der Waals surface area contributed by atoms with Gasteiger partial charge in [0, 0.05) is 17.8 Å². The van der Waals surface area contributed by atoms with Crippen molar-refractivity contribution in [1.29, 1.82) is 0 Å². The van der Waals surface area contributed by atoms with Crippen LogP contribution in [-0.2, 0) is 6.54 Å². The predicted octanol–water partition coefficient (Wildman–Crippen LogP) is 2.95. The Morgan fingerprint density at radius 3 is 2.79 bits per heavy atom. The number of amides is 1. The van der Waals surface area contributed by atoms with Crippen LogP contribution in [0.4, 0.5) is 5.69 Å². The second kappa shape index (κ2) is 6.09. The number of furan rings is 1. The molecule has 2 aromatic rings. The Balaban J connectivity index is 2.04. The van der Waals surface area contributed by atoms with Gasteiger partial charge < -0.3 is 15.1 Å². The quantitative estimate of drug-likeness (QED) is 0.867. The molecule has 4 nitrogen and oxygen atoms in total. The van der Waals surface area contributed by atoms with E-state index in [1.807, 2.05) is 44.2 Å². The Kier molecular flexibility index (Phi) is 4.23. The maximum atomic E-state index is 11.7. The number of nitrogens with one attached hydrogen (secondary N) is 2. The van der Waals surface area contributed by atoms with Crippen LogP contribution >= 0.6 is 0 Å². The van der Waals surface area contributed by atoms with Crippen molar-refractivity contribution in [3.63, 3.8) is 0 Å². The minimum Gasteiger partial charge on any atom is -0.467 e. The van der Waals surface area contributed by atoms with E-state index in [2.05, 4.69) is 10.6 Å². The monoisotopic (exact) mass is 258 g/mol. The summed E-state index contributed by atoms with van der Waals surface area (Å²) >= 11 is 0. The zero-order valence-electron chi connectivity index (χ0n) is 11.2. The van der Waals surface area contributed by atoms with E-state index in [0.29, 0.717) is 18.7 Å². The highest BCUT2D eigenvalue weighted by atomic mass is 16.3. The van der Waals surface area contributed by atoms with Gasteiger partial charge in [0.15, 0.2) is 0 Å². The Hall–Kier alpha value is -2.23. The topological polar surface area (TPSA) is 54.3 Å². The average molecular weight is 258 g/mol. The van der Waals surface area contributed by atoms with Crippen LogP contribution in [0.2, 0.25) is 0 Å². The SMILES string of the molecule is CCNC(=O)c1ccc(NCc2ccco2)c(C)c1. The molecule has 100 valence electrons. The number of aryl methyl sites for hydroxylation is 1. The molecule has 1 amide bonds. The number of carbonyl (C=O) groups excluding carboxylic acids is 1. The molecular formula is C15H18N2O2. The van der Waals surface area contributed by atoms with Crippen LogP contribution in [0.3, 0.4) is 0 Å². The fraction of sp³-hybridized carbons (Fsp3) is 0.267. The minimum atomic E-state index is -0.0387. The molecule has 1 heterocycles. The summed E-state index contributed by atoms with van der Waals surface area (Å²) in [6, 6.07) is 9.41. The van der Waals surface area contributed by atoms with Crippen molar-refractivity contribution in [2.75, 3.05) is 11.9 Å². The second-order valence-electron chi connectivity index (χ2n) is 4.32. The van der Waals surface area contributed by atoms with E-state index < -0.39 is 0 Å². The molecule has 0 aliphatic carbocycles. The summed E-state index contributed by atoms with van der Waals surface area (Å²) in [5.41, 5.74) is 2.72. The van der Waals surface area contributed by atoms with Crippen molar-refractivity contribution in [2.45, 2.75) is 20.4 Å². The summed E-state index contributed by atoms with van der Waals surface area (Å²) in [5, 5.41) is 6.08. The maximum absolute atomic E-state index is 11.7. The Bertz CT molecular complexity index is 547. The Morgan fingerprint density at radius 2 is 2.16 bits per heavy atom. The lowest BCUT2D eigenvalue weighted by atomic mass is 10.1. The standard InChI is InChI=1S/C15H18N2O2/c1-3-16-15(18)12-6-7-14(11(2)9-12)17-10-13-5-4-8-19-13/h4-9,17H,3,10H2,1-2H3,(H,16,18). The number of rotatable bonds is 5. The predicted molar refractivity (Wildman–Crippen MR) is 75.2 cm³/mol. The van der Waals surface area contributed by atoms with E-state index in [1.165, 1.54) is 0 Å². The molecule has 0 aliphatic heterocycles. The van der Waals surface area contributed by atoms with Gasteiger partial charge in [-0.3, -0.25) is 4.79 Å². The zero-order chi connectivity index (χ0) is 13.7. The third kappa shape index (κ3) is 3.37. The Labute approximate surface area is 112 Å². The van der Waals surface area contributed by atoms with Gasteiger partial charge in [-0.15, -0.1) is 0 Å². The summed E-state index contributed by atoms with van der Waals surface area (Å²) < 4.78 is 5.26. The molecule has 19 heavy (non-hydrogen) atoms. The van der Waals surface area contributed by atoms with Gasteiger partial charge in [-0.05, 0) is 49.7 Å². The highest BCUT2D eigenvalue weighted by Crippen LogP contribution is 2.17. The molecule has 0 bridgehead atoms. The molecule has 1 aromatic heterocycles. The van der Waals surface area contributed by atoms with E-state index in [0.717, 1.165) is 17.0 Å². The van der Waals surface area contributed by atoms with Gasteiger partial charge in [0.05, 0.1) is 12.8 Å². The average Bonchev–Trinajstić information content (AvgIpc) is 2.90. The van der Waals surface area contributed by atoms with Crippen molar-refractivity contribution in [1.82, 2.24) is 5.32 Å². The molecule has 2 rings (SSSR count). The summed E-state index contributed by atoms with van der Waals surface area (Å²) in [4.78, 5) is 11.7. The lowest BCUT2D eigenvalue weighted by molar-refractivity contribution is 0.0956. The molecule has 0 aliphatic rings. The largest absolute Gasteiger partial charge is 0.467 e. The number of hydrogen-bond acceptors (Lipinski definition) is 3. The van der Waals surface area contributed by atoms with Crippen LogP contribution in [-0.4, -0.2) is 12.5 Å². The Morgan fingerprint density at radius 1 is 1.32 bits per heavy atom. The van der Waals surface area contributed by atoms with Crippen molar-refractivity contribution in [2.24, 2.45) is 0 Å². The van der Waals surface area contributed by atoms with Gasteiger partial charge in [-0.25, -0.2) is 0 Å². The normalized spacial score (nSPS) is 10.2. The molecule has 0 fully saturated rings. The van der Waals surface area contributed by atoms with Crippen LogP contribution in [0.1, 0.15) is 28.6 Å². The third-order valence-corrected chi connectivity index (χ3v) is 2.86. The lowest BCUT2D eigenvalue weighted by Gasteiger charge is -2.10. The lowest BCUT2D eigenvalue weighted by Crippen LogP contribution is -2.22. The van der Waals surface area contributed by atoms with Gasteiger partial charge in [-0.1, -0.05) is 0 Å². The molecule has 0 radical (unpaired) electrons. The molecule has 0 spiro atoms. The molecule has 0 atom stereocenters. The van der Waals surface area contributed by atoms with Gasteiger partial charge >= 0.3 is 0 Å². The van der Waals surface area contributed by atoms with Crippen LogP contribution in [0.15, 0.2) is 41.0 Å². The van der Waals surface area contributed by atoms with Crippen molar-refractivity contribution in [3.05, 3.63) is 53.5 Å². The fourth-order valence-corrected chi connectivity index (χ4v) is 1.86. The van der Waals surface area contributed by atoms with Crippen LogP contribution in [0, 0.1) is 6.92 Å². The van der Waals surface area contributed by atoms with Gasteiger partial charge in [0.2, 0.25) is 0 Å². The van der Waals surface area contributed by atoms with E-state index in [1.54, 1.807) is 6.26 Å². The molecule has 0 saturated heterocycles. The van der Waals surface area contributed by atoms with E-state index in [4.69, 9.17) is 4.42 Å². The van der Waals surface area contributed by atoms with E-state index in [9.17, 15) is 4.79 Å². The summed E-state index contributed by atoms with van der Waals surface area (Å²) in [7, 11) is 0. The molecule has 2 N–H and O–H groups in total. The second-order valence-corrected chi connectivity index (χ2v) is 4.32. The van der Waals surface area contributed by atoms with Gasteiger partial charge in [-0.2, -0.15) is 0 Å². The molecule has 0 unspecified atom stereocenters. The fourth-order valence-electron chi connectivity index (χ4n) is 1.86. The van der Waals surface area contributed by atoms with Crippen LogP contribution in [0.5, 0.6) is 0 Å². The van der Waals surface area contributed by atoms with Crippen molar-refractivity contribution < 1.29 is 9.21 Å². The highest BCUT2D eigenvalue weighted by Gasteiger charge is 2.06. The smallest absolute Gasteiger partial charge is 0.251 e. The first-order chi connectivity index (χ1) is 9.20. The first-order valence-electron chi connectivity index (χ1n) is 6.36. The molecule has 1 aromatic carbocycles. The number of hydrogen-bond donors (Lipinski definition) is 2. The zero-order valence-corrected chi connectivity index (χ0v) is 11.2. The van der Waals surface area contributed by atoms with Crippen LogP contribution < -0.4 is 10.6 Å². The highest BCUT2D eigenvalue weighted by molar-refractivity contribution is 5.94. The number of anilines is 1. The maximum Gasteiger partial charge on any atom is 0.251 e. The summed E-state index contributed by atoms with van der Waals surface area (Å²) in [5.74, 6) is 0.843. The number of benzene rings is 1. The van der Waals surface area contributed by atoms with Crippen molar-refractivity contribution in [3.8, 4) is 0 Å². The summed E-state index contributed by atoms with van der Waals surface area (Å²) in [6.07, 6.45) is 1.65. The van der Waals surface area contributed by atoms with Crippen molar-refractivity contribution >= 4 is 11.6 Å². The third-order valence-electron chi connectivity index (χ3n) is 2.86. The van der Waals surface area contributed by atoms with Crippen LogP contribution in [0.25, 0.3) is 0 Å². The molecular weight excluding hydrogens is 240 g/mol. The van der Waals surface area contributed by atoms with E-state index >= 15 is 0 Å².